The maximum atomic E-state index is 11.4. The van der Waals surface area contributed by atoms with Gasteiger partial charge in [0.05, 0.1) is 12.0 Å². The molecule has 0 spiro atoms. The van der Waals surface area contributed by atoms with Gasteiger partial charge in [-0.3, -0.25) is 9.88 Å². The number of nitrogens with one attached hydrogen (secondary N) is 1. The lowest BCUT2D eigenvalue weighted by atomic mass is 9.83. The zero-order valence-corrected chi connectivity index (χ0v) is 14.9. The van der Waals surface area contributed by atoms with E-state index in [1.807, 2.05) is 18.2 Å². The third-order valence-electron chi connectivity index (χ3n) is 4.34. The molecule has 0 aliphatic heterocycles. The highest BCUT2D eigenvalue weighted by molar-refractivity contribution is 7.13. The van der Waals surface area contributed by atoms with Gasteiger partial charge in [-0.25, -0.2) is 0 Å². The Morgan fingerprint density at radius 3 is 2.21 bits per heavy atom. The number of carboxylic acid groups (broad SMARTS) is 1. The van der Waals surface area contributed by atoms with E-state index in [0.29, 0.717) is 12.8 Å². The molecule has 2 aromatic rings. The molecule has 0 aliphatic rings. The second-order valence-corrected chi connectivity index (χ2v) is 6.69. The van der Waals surface area contributed by atoms with Gasteiger partial charge in [-0.2, -0.15) is 0 Å². The van der Waals surface area contributed by atoms with Crippen molar-refractivity contribution in [1.29, 1.82) is 0 Å². The molecule has 4 nitrogen and oxygen atoms in total. The molecule has 128 valence electrons. The molecular formula is C19H24NO3P. The van der Waals surface area contributed by atoms with Crippen molar-refractivity contribution in [1.82, 2.24) is 5.09 Å². The van der Waals surface area contributed by atoms with Crippen LogP contribution in [0.4, 0.5) is 0 Å². The van der Waals surface area contributed by atoms with Crippen molar-refractivity contribution in [2.75, 3.05) is 6.61 Å². The molecule has 0 saturated heterocycles. The normalized spacial score (nSPS) is 14.8. The third kappa shape index (κ3) is 4.64. The number of benzene rings is 2. The van der Waals surface area contributed by atoms with Crippen LogP contribution >= 0.6 is 9.39 Å². The molecule has 24 heavy (non-hydrogen) atoms. The van der Waals surface area contributed by atoms with Crippen LogP contribution in [0.3, 0.4) is 0 Å². The van der Waals surface area contributed by atoms with Crippen LogP contribution in [0.1, 0.15) is 18.9 Å². The minimum atomic E-state index is -1.14. The van der Waals surface area contributed by atoms with E-state index in [-0.39, 0.29) is 12.6 Å². The number of hydrogen-bond acceptors (Lipinski definition) is 3. The Balaban J connectivity index is 2.07. The molecule has 0 radical (unpaired) electrons. The maximum Gasteiger partial charge on any atom is 0.311 e. The summed E-state index contributed by atoms with van der Waals surface area (Å²) in [6.07, 6.45) is 1.05. The molecule has 0 heterocycles. The van der Waals surface area contributed by atoms with Crippen LogP contribution in [-0.4, -0.2) is 28.8 Å². The largest absolute Gasteiger partial charge is 0.481 e. The Bertz CT molecular complexity index is 660. The average Bonchev–Trinajstić information content (AvgIpc) is 2.62. The summed E-state index contributed by atoms with van der Waals surface area (Å²) in [6.45, 7) is 1.20. The molecule has 0 bridgehead atoms. The van der Waals surface area contributed by atoms with Crippen LogP contribution in [0.2, 0.25) is 0 Å². The Hall–Kier alpha value is -1.74. The van der Waals surface area contributed by atoms with Gasteiger partial charge in [-0.05, 0) is 36.5 Å². The van der Waals surface area contributed by atoms with Crippen LogP contribution in [-0.2, 0) is 11.2 Å². The number of hydrogen-bond donors (Lipinski definition) is 3. The second-order valence-electron chi connectivity index (χ2n) is 6.36. The summed E-state index contributed by atoms with van der Waals surface area (Å²) < 4.78 is 0. The van der Waals surface area contributed by atoms with E-state index in [9.17, 15) is 15.0 Å². The summed E-state index contributed by atoms with van der Waals surface area (Å²) in [5, 5.41) is 21.8. The highest BCUT2D eigenvalue weighted by Crippen LogP contribution is 2.26. The summed E-state index contributed by atoms with van der Waals surface area (Å²) >= 11 is 0. The van der Waals surface area contributed by atoms with Gasteiger partial charge in [0.15, 0.2) is 0 Å². The highest BCUT2D eigenvalue weighted by Gasteiger charge is 2.34. The van der Waals surface area contributed by atoms with Gasteiger partial charge >= 0.3 is 5.97 Å². The molecule has 3 atom stereocenters. The Kier molecular flexibility index (Phi) is 6.50. The Morgan fingerprint density at radius 1 is 1.12 bits per heavy atom. The average molecular weight is 345 g/mol. The first-order valence-corrected chi connectivity index (χ1v) is 8.51. The smallest absolute Gasteiger partial charge is 0.311 e. The molecule has 0 aromatic heterocycles. The maximum absolute atomic E-state index is 11.4. The van der Waals surface area contributed by atoms with Gasteiger partial charge in [-0.15, -0.1) is 0 Å². The van der Waals surface area contributed by atoms with E-state index >= 15 is 0 Å². The first kappa shape index (κ1) is 18.6. The number of rotatable bonds is 8. The fourth-order valence-corrected chi connectivity index (χ4v) is 2.94. The topological polar surface area (TPSA) is 69.6 Å². The van der Waals surface area contributed by atoms with Crippen LogP contribution in [0, 0.1) is 5.41 Å². The summed E-state index contributed by atoms with van der Waals surface area (Å²) in [5.41, 5.74) is 2.31. The van der Waals surface area contributed by atoms with Gasteiger partial charge in [0, 0.05) is 6.04 Å². The highest BCUT2D eigenvalue weighted by atomic mass is 31.0. The second kappa shape index (κ2) is 8.39. The number of carbonyl (C=O) groups is 1. The molecular weight excluding hydrogens is 321 g/mol. The van der Waals surface area contributed by atoms with Gasteiger partial charge in [0.2, 0.25) is 0 Å². The summed E-state index contributed by atoms with van der Waals surface area (Å²) in [6, 6.07) is 18.4. The lowest BCUT2D eigenvalue weighted by molar-refractivity contribution is -0.151. The van der Waals surface area contributed by atoms with E-state index in [1.54, 1.807) is 6.92 Å². The first-order valence-electron chi connectivity index (χ1n) is 7.93. The van der Waals surface area contributed by atoms with Gasteiger partial charge in [-0.1, -0.05) is 64.0 Å². The van der Waals surface area contributed by atoms with Crippen molar-refractivity contribution >= 4 is 15.4 Å². The predicted molar refractivity (Wildman–Crippen MR) is 99.7 cm³/mol. The zero-order valence-electron chi connectivity index (χ0n) is 13.8. The minimum absolute atomic E-state index is 0.0502. The van der Waals surface area contributed by atoms with Crippen LogP contribution in [0.25, 0.3) is 11.1 Å². The number of aliphatic hydroxyl groups excluding tert-OH is 1. The van der Waals surface area contributed by atoms with Crippen molar-refractivity contribution < 1.29 is 15.0 Å². The molecule has 0 amide bonds. The van der Waals surface area contributed by atoms with Crippen molar-refractivity contribution in [2.45, 2.75) is 25.8 Å². The van der Waals surface area contributed by atoms with Gasteiger partial charge in [0.25, 0.3) is 0 Å². The molecule has 5 heteroatoms. The van der Waals surface area contributed by atoms with Crippen LogP contribution < -0.4 is 5.09 Å². The summed E-state index contributed by atoms with van der Waals surface area (Å²) in [4.78, 5) is 11.4. The van der Waals surface area contributed by atoms with Gasteiger partial charge in [0.1, 0.15) is 0 Å². The van der Waals surface area contributed by atoms with E-state index < -0.39 is 11.4 Å². The third-order valence-corrected chi connectivity index (χ3v) is 4.81. The van der Waals surface area contributed by atoms with Crippen LogP contribution in [0.15, 0.2) is 54.6 Å². The molecule has 0 aliphatic carbocycles. The van der Waals surface area contributed by atoms with E-state index in [2.05, 4.69) is 50.9 Å². The Morgan fingerprint density at radius 2 is 1.71 bits per heavy atom. The molecule has 3 N–H and O–H groups in total. The fourth-order valence-electron chi connectivity index (χ4n) is 2.70. The van der Waals surface area contributed by atoms with Crippen molar-refractivity contribution in [2.24, 2.45) is 5.41 Å². The van der Waals surface area contributed by atoms with Gasteiger partial charge < -0.3 is 10.2 Å². The Labute approximate surface area is 145 Å². The van der Waals surface area contributed by atoms with Crippen molar-refractivity contribution in [3.63, 3.8) is 0 Å². The molecule has 0 fully saturated rings. The molecule has 0 saturated carbocycles. The first-order chi connectivity index (χ1) is 11.5. The SMILES string of the molecule is C[C@@](CO)(C[C@@H](Cc1ccc(-c2ccccc2)cc1)NP)C(=O)O. The van der Waals surface area contributed by atoms with E-state index in [1.165, 1.54) is 5.56 Å². The summed E-state index contributed by atoms with van der Waals surface area (Å²) in [5.74, 6) is -0.977. The monoisotopic (exact) mass is 345 g/mol. The predicted octanol–water partition coefficient (Wildman–Crippen LogP) is 3.12. The standard InChI is InChI=1S/C19H24NO3P/c1-19(13-21,18(22)23)12-17(20-24)11-14-7-9-16(10-8-14)15-5-3-2-4-6-15/h2-10,17,20-21H,11-13,24H2,1H3,(H,22,23)/t17-,19+/m1/s1. The molecule has 2 aromatic carbocycles. The number of aliphatic carboxylic acids is 1. The quantitative estimate of drug-likeness (QED) is 0.643. The zero-order chi connectivity index (χ0) is 17.6. The summed E-state index contributed by atoms with van der Waals surface area (Å²) in [7, 11) is 2.45. The lowest BCUT2D eigenvalue weighted by Crippen LogP contribution is -2.39. The van der Waals surface area contributed by atoms with Crippen molar-refractivity contribution in [3.05, 3.63) is 60.2 Å². The van der Waals surface area contributed by atoms with E-state index in [0.717, 1.165) is 11.1 Å². The number of aliphatic hydroxyl groups is 1. The lowest BCUT2D eigenvalue weighted by Gasteiger charge is -2.27. The molecule has 1 unspecified atom stereocenters. The number of carboxylic acids is 1. The fraction of sp³-hybridized carbons (Fsp3) is 0.316. The van der Waals surface area contributed by atoms with Crippen LogP contribution in [0.5, 0.6) is 0 Å². The molecule has 2 rings (SSSR count). The van der Waals surface area contributed by atoms with E-state index in [4.69, 9.17) is 0 Å². The minimum Gasteiger partial charge on any atom is -0.481 e. The van der Waals surface area contributed by atoms with Crippen molar-refractivity contribution in [3.8, 4) is 11.1 Å².